The zero-order valence-corrected chi connectivity index (χ0v) is 11.7. The van der Waals surface area contributed by atoms with E-state index in [4.69, 9.17) is 10.5 Å². The first-order chi connectivity index (χ1) is 9.54. The summed E-state index contributed by atoms with van der Waals surface area (Å²) in [6.07, 6.45) is 0.601. The molecule has 0 bridgehead atoms. The molecule has 2 nitrogen and oxygen atoms in total. The number of hydrogen-bond acceptors (Lipinski definition) is 2. The molecule has 0 amide bonds. The topological polar surface area (TPSA) is 35.2 Å². The molecule has 0 fully saturated rings. The minimum Gasteiger partial charge on any atom is -0.485 e. The maximum Gasteiger partial charge on any atom is 0.126 e. The Morgan fingerprint density at radius 3 is 2.65 bits per heavy atom. The fourth-order valence-corrected chi connectivity index (χ4v) is 2.85. The van der Waals surface area contributed by atoms with E-state index in [0.29, 0.717) is 12.2 Å². The molecule has 0 aliphatic carbocycles. The third kappa shape index (κ3) is 2.29. The first-order valence-corrected chi connectivity index (χ1v) is 6.83. The van der Waals surface area contributed by atoms with E-state index >= 15 is 0 Å². The molecule has 1 aliphatic heterocycles. The molecule has 0 aromatic heterocycles. The van der Waals surface area contributed by atoms with Crippen molar-refractivity contribution < 1.29 is 9.13 Å². The minimum absolute atomic E-state index is 0.0661. The van der Waals surface area contributed by atoms with Crippen LogP contribution in [0.2, 0.25) is 0 Å². The van der Waals surface area contributed by atoms with Crippen molar-refractivity contribution in [2.45, 2.75) is 32.4 Å². The molecule has 0 saturated heterocycles. The van der Waals surface area contributed by atoms with Gasteiger partial charge in [0.15, 0.2) is 0 Å². The highest BCUT2D eigenvalue weighted by molar-refractivity contribution is 5.41. The second-order valence-corrected chi connectivity index (χ2v) is 5.49. The van der Waals surface area contributed by atoms with E-state index in [1.165, 1.54) is 23.3 Å². The van der Waals surface area contributed by atoms with E-state index in [-0.39, 0.29) is 18.0 Å². The fourth-order valence-electron chi connectivity index (χ4n) is 2.85. The average Bonchev–Trinajstić information content (AvgIpc) is 2.39. The molecule has 3 rings (SSSR count). The van der Waals surface area contributed by atoms with Gasteiger partial charge < -0.3 is 10.5 Å². The molecule has 0 spiro atoms. The lowest BCUT2D eigenvalue weighted by Gasteiger charge is -2.31. The number of hydrogen-bond donors (Lipinski definition) is 1. The van der Waals surface area contributed by atoms with Crippen LogP contribution in [0.1, 0.15) is 40.8 Å². The summed E-state index contributed by atoms with van der Waals surface area (Å²) in [7, 11) is 0. The van der Waals surface area contributed by atoms with E-state index in [1.54, 1.807) is 6.07 Å². The largest absolute Gasteiger partial charge is 0.485 e. The van der Waals surface area contributed by atoms with Crippen molar-refractivity contribution in [2.75, 3.05) is 0 Å². The van der Waals surface area contributed by atoms with Crippen molar-refractivity contribution in [1.82, 2.24) is 0 Å². The van der Waals surface area contributed by atoms with Crippen LogP contribution < -0.4 is 10.5 Å². The van der Waals surface area contributed by atoms with Gasteiger partial charge in [0.1, 0.15) is 17.7 Å². The molecule has 2 unspecified atom stereocenters. The Balaban J connectivity index is 1.97. The summed E-state index contributed by atoms with van der Waals surface area (Å²) in [5, 5.41) is 0. The molecule has 3 heteroatoms. The molecule has 2 atom stereocenters. The van der Waals surface area contributed by atoms with Gasteiger partial charge in [-0.2, -0.15) is 0 Å². The zero-order chi connectivity index (χ0) is 14.3. The Labute approximate surface area is 118 Å². The average molecular weight is 271 g/mol. The zero-order valence-electron chi connectivity index (χ0n) is 11.7. The smallest absolute Gasteiger partial charge is 0.126 e. The second-order valence-electron chi connectivity index (χ2n) is 5.49. The number of aryl methyl sites for hydroxylation is 2. The third-order valence-corrected chi connectivity index (χ3v) is 3.88. The summed E-state index contributed by atoms with van der Waals surface area (Å²) < 4.78 is 19.3. The predicted molar refractivity (Wildman–Crippen MR) is 77.2 cm³/mol. The molecule has 2 N–H and O–H groups in total. The summed E-state index contributed by atoms with van der Waals surface area (Å²) in [4.78, 5) is 0. The van der Waals surface area contributed by atoms with Crippen LogP contribution in [0.25, 0.3) is 0 Å². The molecule has 20 heavy (non-hydrogen) atoms. The SMILES string of the molecule is Cc1ccc(C2CC(N)c3cc(F)ccc3O2)c(C)c1. The molecule has 0 saturated carbocycles. The van der Waals surface area contributed by atoms with E-state index in [0.717, 1.165) is 11.1 Å². The highest BCUT2D eigenvalue weighted by Gasteiger charge is 2.28. The Bertz CT molecular complexity index is 653. The Morgan fingerprint density at radius 1 is 1.10 bits per heavy atom. The third-order valence-electron chi connectivity index (χ3n) is 3.88. The van der Waals surface area contributed by atoms with Crippen LogP contribution in [-0.2, 0) is 0 Å². The van der Waals surface area contributed by atoms with Crippen molar-refractivity contribution in [3.8, 4) is 5.75 Å². The number of rotatable bonds is 1. The molecular formula is C17H18FNO. The normalized spacial score (nSPS) is 21.2. The van der Waals surface area contributed by atoms with Crippen LogP contribution in [0.3, 0.4) is 0 Å². The summed E-state index contributed by atoms with van der Waals surface area (Å²) in [6, 6.07) is 10.7. The number of halogens is 1. The Hall–Kier alpha value is -1.87. The van der Waals surface area contributed by atoms with E-state index in [1.807, 2.05) is 0 Å². The van der Waals surface area contributed by atoms with Gasteiger partial charge in [-0.15, -0.1) is 0 Å². The minimum atomic E-state index is -0.271. The van der Waals surface area contributed by atoms with Crippen LogP contribution in [0.4, 0.5) is 4.39 Å². The lowest BCUT2D eigenvalue weighted by Crippen LogP contribution is -2.24. The molecule has 2 aromatic carbocycles. The lowest BCUT2D eigenvalue weighted by atomic mass is 9.91. The second kappa shape index (κ2) is 4.91. The van der Waals surface area contributed by atoms with E-state index in [2.05, 4.69) is 32.0 Å². The van der Waals surface area contributed by atoms with E-state index < -0.39 is 0 Å². The highest BCUT2D eigenvalue weighted by atomic mass is 19.1. The number of ether oxygens (including phenoxy) is 1. The molecule has 2 aromatic rings. The first-order valence-electron chi connectivity index (χ1n) is 6.83. The number of fused-ring (bicyclic) bond motifs is 1. The summed E-state index contributed by atoms with van der Waals surface area (Å²) >= 11 is 0. The molecule has 1 aliphatic rings. The van der Waals surface area contributed by atoms with Crippen molar-refractivity contribution >= 4 is 0 Å². The quantitative estimate of drug-likeness (QED) is 0.852. The van der Waals surface area contributed by atoms with Gasteiger partial charge in [-0.3, -0.25) is 0 Å². The van der Waals surface area contributed by atoms with Gasteiger partial charge in [-0.25, -0.2) is 4.39 Å². The van der Waals surface area contributed by atoms with Gasteiger partial charge in [0.25, 0.3) is 0 Å². The van der Waals surface area contributed by atoms with Gasteiger partial charge in [0.2, 0.25) is 0 Å². The van der Waals surface area contributed by atoms with Crippen LogP contribution >= 0.6 is 0 Å². The molecular weight excluding hydrogens is 253 g/mol. The first kappa shape index (κ1) is 13.1. The van der Waals surface area contributed by atoms with Crippen LogP contribution in [0, 0.1) is 19.7 Å². The van der Waals surface area contributed by atoms with Crippen LogP contribution in [-0.4, -0.2) is 0 Å². The van der Waals surface area contributed by atoms with E-state index in [9.17, 15) is 4.39 Å². The summed E-state index contributed by atoms with van der Waals surface area (Å²) in [6.45, 7) is 4.15. The van der Waals surface area contributed by atoms with Crippen molar-refractivity contribution in [3.05, 3.63) is 64.5 Å². The van der Waals surface area contributed by atoms with Gasteiger partial charge in [-0.1, -0.05) is 23.8 Å². The van der Waals surface area contributed by atoms with Gasteiger partial charge >= 0.3 is 0 Å². The standard InChI is InChI=1S/C17H18FNO/c1-10-3-5-13(11(2)7-10)17-9-15(19)14-8-12(18)4-6-16(14)20-17/h3-8,15,17H,9,19H2,1-2H3. The Kier molecular flexibility index (Phi) is 3.22. The molecule has 0 radical (unpaired) electrons. The summed E-state index contributed by atoms with van der Waals surface area (Å²) in [5.41, 5.74) is 10.5. The lowest BCUT2D eigenvalue weighted by molar-refractivity contribution is 0.160. The van der Waals surface area contributed by atoms with Crippen molar-refractivity contribution in [3.63, 3.8) is 0 Å². The maximum atomic E-state index is 13.3. The van der Waals surface area contributed by atoms with Crippen molar-refractivity contribution in [2.24, 2.45) is 5.73 Å². The van der Waals surface area contributed by atoms with Gasteiger partial charge in [-0.05, 0) is 43.2 Å². The molecule has 1 heterocycles. The predicted octanol–water partition coefficient (Wildman–Crippen LogP) is 3.97. The van der Waals surface area contributed by atoms with Crippen molar-refractivity contribution in [1.29, 1.82) is 0 Å². The highest BCUT2D eigenvalue weighted by Crippen LogP contribution is 2.40. The van der Waals surface area contributed by atoms with Crippen LogP contribution in [0.5, 0.6) is 5.75 Å². The number of benzene rings is 2. The van der Waals surface area contributed by atoms with Gasteiger partial charge in [0, 0.05) is 18.0 Å². The fraction of sp³-hybridized carbons (Fsp3) is 0.294. The molecule has 104 valence electrons. The number of nitrogens with two attached hydrogens (primary N) is 1. The Morgan fingerprint density at radius 2 is 1.90 bits per heavy atom. The monoisotopic (exact) mass is 271 g/mol. The maximum absolute atomic E-state index is 13.3. The summed E-state index contributed by atoms with van der Waals surface area (Å²) in [5.74, 6) is 0.419. The van der Waals surface area contributed by atoms with Gasteiger partial charge in [0.05, 0.1) is 0 Å². The van der Waals surface area contributed by atoms with Crippen LogP contribution in [0.15, 0.2) is 36.4 Å².